The van der Waals surface area contributed by atoms with Gasteiger partial charge in [-0.1, -0.05) is 12.1 Å². The smallest absolute Gasteiger partial charge is 0.269 e. The van der Waals surface area contributed by atoms with E-state index in [9.17, 15) is 14.9 Å². The summed E-state index contributed by atoms with van der Waals surface area (Å²) in [6.07, 6.45) is 0.248. The first-order valence-electron chi connectivity index (χ1n) is 10.6. The molecule has 1 amide bonds. The molecule has 0 saturated carbocycles. The van der Waals surface area contributed by atoms with E-state index in [2.05, 4.69) is 25.6 Å². The molecule has 2 aliphatic heterocycles. The van der Waals surface area contributed by atoms with Gasteiger partial charge in [-0.2, -0.15) is 0 Å². The van der Waals surface area contributed by atoms with Crippen molar-refractivity contribution in [3.63, 3.8) is 0 Å². The summed E-state index contributed by atoms with van der Waals surface area (Å²) in [5, 5.41) is 16.8. The minimum atomic E-state index is -0.875. The summed E-state index contributed by atoms with van der Waals surface area (Å²) in [5.41, 5.74) is 1.69. The number of non-ortho nitro benzene ring substituents is 1. The average molecular weight is 469 g/mol. The van der Waals surface area contributed by atoms with E-state index < -0.39 is 35.3 Å². The number of benzene rings is 1. The van der Waals surface area contributed by atoms with E-state index in [-0.39, 0.29) is 11.6 Å². The maximum absolute atomic E-state index is 12.4. The zero-order chi connectivity index (χ0) is 24.0. The van der Waals surface area contributed by atoms with Crippen molar-refractivity contribution in [3.8, 4) is 0 Å². The molecule has 2 fully saturated rings. The zero-order valence-corrected chi connectivity index (χ0v) is 18.7. The molecule has 13 nitrogen and oxygen atoms in total. The molecule has 13 heteroatoms. The fourth-order valence-electron chi connectivity index (χ4n) is 4.29. The predicted octanol–water partition coefficient (Wildman–Crippen LogP) is 1.51. The maximum Gasteiger partial charge on any atom is 0.269 e. The third-order valence-corrected chi connectivity index (χ3v) is 5.75. The number of aromatic nitrogens is 4. The van der Waals surface area contributed by atoms with Crippen LogP contribution in [0.2, 0.25) is 0 Å². The van der Waals surface area contributed by atoms with Crippen molar-refractivity contribution in [2.75, 3.05) is 12.4 Å². The SMILES string of the molecule is CNC(=O)[C@H]1O[C@@H](n2cnc3c(NCc4cccc([N+](=O)[O-])c4)ncnc32)[C@@H]2OC(C)(C)O[C@@H]21. The van der Waals surface area contributed by atoms with Crippen LogP contribution in [0.15, 0.2) is 36.9 Å². The van der Waals surface area contributed by atoms with Gasteiger partial charge in [0.1, 0.15) is 18.5 Å². The molecule has 2 N–H and O–H groups in total. The van der Waals surface area contributed by atoms with Crippen molar-refractivity contribution < 1.29 is 23.9 Å². The number of amides is 1. The van der Waals surface area contributed by atoms with Gasteiger partial charge in [0.15, 0.2) is 35.1 Å². The van der Waals surface area contributed by atoms with Crippen LogP contribution >= 0.6 is 0 Å². The molecule has 2 saturated heterocycles. The molecule has 2 aliphatic rings. The van der Waals surface area contributed by atoms with Crippen LogP contribution in [0.1, 0.15) is 25.6 Å². The number of likely N-dealkylation sites (N-methyl/N-ethyl adjacent to an activating group) is 1. The van der Waals surface area contributed by atoms with E-state index in [1.165, 1.54) is 25.5 Å². The summed E-state index contributed by atoms with van der Waals surface area (Å²) >= 11 is 0. The lowest BCUT2D eigenvalue weighted by Gasteiger charge is -2.24. The number of nitro groups is 1. The molecule has 5 rings (SSSR count). The highest BCUT2D eigenvalue weighted by molar-refractivity contribution is 5.83. The van der Waals surface area contributed by atoms with Crippen molar-refractivity contribution >= 4 is 28.6 Å². The quantitative estimate of drug-likeness (QED) is 0.401. The highest BCUT2D eigenvalue weighted by atomic mass is 16.8. The Morgan fingerprint density at radius 2 is 2.03 bits per heavy atom. The Morgan fingerprint density at radius 1 is 1.24 bits per heavy atom. The summed E-state index contributed by atoms with van der Waals surface area (Å²) in [5.74, 6) is -0.728. The molecule has 4 heterocycles. The van der Waals surface area contributed by atoms with Crippen LogP contribution in [-0.2, 0) is 25.5 Å². The molecule has 4 atom stereocenters. The Morgan fingerprint density at radius 3 is 2.79 bits per heavy atom. The van der Waals surface area contributed by atoms with Crippen molar-refractivity contribution in [2.24, 2.45) is 0 Å². The summed E-state index contributed by atoms with van der Waals surface area (Å²) < 4.78 is 19.8. The minimum Gasteiger partial charge on any atom is -0.364 e. The number of hydrogen-bond donors (Lipinski definition) is 2. The second kappa shape index (κ2) is 8.27. The van der Waals surface area contributed by atoms with Crippen molar-refractivity contribution in [1.29, 1.82) is 0 Å². The Balaban J connectivity index is 1.43. The monoisotopic (exact) mass is 469 g/mol. The number of carbonyl (C=O) groups excluding carboxylic acids is 1. The number of nitro benzene ring substituents is 1. The average Bonchev–Trinajstić information content (AvgIpc) is 3.48. The topological polar surface area (TPSA) is 156 Å². The molecular weight excluding hydrogens is 446 g/mol. The zero-order valence-electron chi connectivity index (χ0n) is 18.7. The first-order valence-corrected chi connectivity index (χ1v) is 10.6. The van der Waals surface area contributed by atoms with Gasteiger partial charge in [0, 0.05) is 25.7 Å². The Kier molecular flexibility index (Phi) is 5.38. The van der Waals surface area contributed by atoms with Crippen molar-refractivity contribution in [1.82, 2.24) is 24.8 Å². The fourth-order valence-corrected chi connectivity index (χ4v) is 4.29. The lowest BCUT2D eigenvalue weighted by Crippen LogP contribution is -2.41. The molecule has 0 bridgehead atoms. The summed E-state index contributed by atoms with van der Waals surface area (Å²) in [6.45, 7) is 3.87. The molecule has 3 aromatic rings. The minimum absolute atomic E-state index is 0.0109. The van der Waals surface area contributed by atoms with E-state index in [1.807, 2.05) is 0 Å². The van der Waals surface area contributed by atoms with E-state index in [0.29, 0.717) is 23.5 Å². The molecule has 0 unspecified atom stereocenters. The normalized spacial score (nSPS) is 25.3. The summed E-state index contributed by atoms with van der Waals surface area (Å²) in [4.78, 5) is 36.1. The molecule has 0 radical (unpaired) electrons. The van der Waals surface area contributed by atoms with Gasteiger partial charge in [0.25, 0.3) is 11.6 Å². The molecule has 178 valence electrons. The second-order valence-electron chi connectivity index (χ2n) is 8.45. The third kappa shape index (κ3) is 3.83. The Bertz CT molecular complexity index is 1260. The molecule has 0 aliphatic carbocycles. The van der Waals surface area contributed by atoms with Crippen LogP contribution < -0.4 is 10.6 Å². The highest BCUT2D eigenvalue weighted by Crippen LogP contribution is 2.43. The number of rotatable bonds is 6. The summed E-state index contributed by atoms with van der Waals surface area (Å²) in [6, 6.07) is 6.34. The van der Waals surface area contributed by atoms with Crippen molar-refractivity contribution in [3.05, 3.63) is 52.6 Å². The molecule has 34 heavy (non-hydrogen) atoms. The fraction of sp³-hybridized carbons (Fsp3) is 0.429. The summed E-state index contributed by atoms with van der Waals surface area (Å²) in [7, 11) is 1.54. The van der Waals surface area contributed by atoms with E-state index >= 15 is 0 Å². The predicted molar refractivity (Wildman–Crippen MR) is 118 cm³/mol. The van der Waals surface area contributed by atoms with E-state index in [1.54, 1.807) is 36.9 Å². The number of hydrogen-bond acceptors (Lipinski definition) is 10. The van der Waals surface area contributed by atoms with Crippen molar-refractivity contribution in [2.45, 2.75) is 50.7 Å². The van der Waals surface area contributed by atoms with Crippen LogP contribution in [0.4, 0.5) is 11.5 Å². The van der Waals surface area contributed by atoms with Gasteiger partial charge in [-0.25, -0.2) is 15.0 Å². The number of imidazole rings is 1. The first kappa shape index (κ1) is 22.1. The number of anilines is 1. The van der Waals surface area contributed by atoms with E-state index in [4.69, 9.17) is 14.2 Å². The molecule has 1 aromatic carbocycles. The number of nitrogens with zero attached hydrogens (tertiary/aromatic N) is 5. The molecule has 2 aromatic heterocycles. The molecule has 0 spiro atoms. The standard InChI is InChI=1S/C21H23N7O6/c1-21(2)33-14-15(19(29)22-3)32-20(16(14)34-21)27-10-26-13-17(24-9-25-18(13)27)23-8-11-5-4-6-12(7-11)28(30)31/h4-7,9-10,14-16,20H,8H2,1-3H3,(H,22,29)(H,23,24,25)/t14-,15+,16-,20-/m1/s1. The van der Waals surface area contributed by atoms with Gasteiger partial charge in [-0.3, -0.25) is 19.5 Å². The van der Waals surface area contributed by atoms with Gasteiger partial charge < -0.3 is 24.8 Å². The third-order valence-electron chi connectivity index (χ3n) is 5.75. The lowest BCUT2D eigenvalue weighted by atomic mass is 10.1. The number of fused-ring (bicyclic) bond motifs is 2. The number of carbonyl (C=O) groups is 1. The highest BCUT2D eigenvalue weighted by Gasteiger charge is 2.58. The van der Waals surface area contributed by atoms with Gasteiger partial charge in [0.2, 0.25) is 0 Å². The number of nitrogens with one attached hydrogen (secondary N) is 2. The lowest BCUT2D eigenvalue weighted by molar-refractivity contribution is -0.384. The van der Waals surface area contributed by atoms with Gasteiger partial charge >= 0.3 is 0 Å². The van der Waals surface area contributed by atoms with E-state index in [0.717, 1.165) is 5.56 Å². The number of ether oxygens (including phenoxy) is 3. The van der Waals surface area contributed by atoms with Gasteiger partial charge in [-0.05, 0) is 19.4 Å². The largest absolute Gasteiger partial charge is 0.364 e. The van der Waals surface area contributed by atoms with Crippen LogP contribution in [0.3, 0.4) is 0 Å². The Hall–Kier alpha value is -3.68. The second-order valence-corrected chi connectivity index (χ2v) is 8.45. The molecular formula is C21H23N7O6. The van der Waals surface area contributed by atoms with Crippen LogP contribution in [0.25, 0.3) is 11.2 Å². The Labute approximate surface area is 193 Å². The van der Waals surface area contributed by atoms with Crippen LogP contribution in [-0.4, -0.2) is 61.5 Å². The van der Waals surface area contributed by atoms with Gasteiger partial charge in [-0.15, -0.1) is 0 Å². The first-order chi connectivity index (χ1) is 16.3. The van der Waals surface area contributed by atoms with Gasteiger partial charge in [0.05, 0.1) is 11.3 Å². The van der Waals surface area contributed by atoms with Crippen LogP contribution in [0, 0.1) is 10.1 Å². The maximum atomic E-state index is 12.4. The van der Waals surface area contributed by atoms with Crippen LogP contribution in [0.5, 0.6) is 0 Å².